The molecule has 1 aromatic heterocycles. The minimum Gasteiger partial charge on any atom is -0.497 e. The predicted molar refractivity (Wildman–Crippen MR) is 85.9 cm³/mol. The van der Waals surface area contributed by atoms with Crippen molar-refractivity contribution in [1.82, 2.24) is 9.55 Å². The van der Waals surface area contributed by atoms with E-state index >= 15 is 0 Å². The van der Waals surface area contributed by atoms with E-state index in [1.807, 2.05) is 22.8 Å². The van der Waals surface area contributed by atoms with Crippen LogP contribution in [0.2, 0.25) is 0 Å². The largest absolute Gasteiger partial charge is 0.497 e. The molecule has 2 radical (unpaired) electrons. The van der Waals surface area contributed by atoms with Gasteiger partial charge < -0.3 is 14.1 Å². The van der Waals surface area contributed by atoms with Gasteiger partial charge in [0.2, 0.25) is 0 Å². The maximum atomic E-state index is 12.3. The van der Waals surface area contributed by atoms with Crippen molar-refractivity contribution in [2.24, 2.45) is 11.8 Å². The van der Waals surface area contributed by atoms with Crippen LogP contribution >= 0.6 is 0 Å². The second-order valence-corrected chi connectivity index (χ2v) is 6.87. The van der Waals surface area contributed by atoms with Crippen molar-refractivity contribution < 1.29 is 9.13 Å². The zero-order chi connectivity index (χ0) is 15.3. The number of rotatable bonds is 3. The smallest absolute Gasteiger partial charge is 0.481 e. The van der Waals surface area contributed by atoms with Crippen molar-refractivity contribution >= 4 is 19.0 Å². The first kappa shape index (κ1) is 13.9. The first-order valence-corrected chi connectivity index (χ1v) is 7.99. The monoisotopic (exact) mass is 298 g/mol. The molecule has 5 rings (SSSR count). The lowest BCUT2D eigenvalue weighted by Gasteiger charge is -2.51. The number of hydrogen-bond donors (Lipinski definition) is 1. The van der Waals surface area contributed by atoms with Gasteiger partial charge in [-0.1, -0.05) is 0 Å². The highest BCUT2D eigenvalue weighted by atomic mass is 16.5. The van der Waals surface area contributed by atoms with Gasteiger partial charge in [0.1, 0.15) is 5.75 Å². The Morgan fingerprint density at radius 2 is 2.18 bits per heavy atom. The average Bonchev–Trinajstić information content (AvgIpc) is 2.82. The van der Waals surface area contributed by atoms with Crippen LogP contribution in [0.25, 0.3) is 11.0 Å². The van der Waals surface area contributed by atoms with Crippen LogP contribution in [0, 0.1) is 11.8 Å². The van der Waals surface area contributed by atoms with Crippen LogP contribution in [0.15, 0.2) is 23.0 Å². The van der Waals surface area contributed by atoms with Gasteiger partial charge in [-0.2, -0.15) is 0 Å². The van der Waals surface area contributed by atoms with Crippen LogP contribution in [0.1, 0.15) is 12.8 Å². The molecule has 1 N–H and O–H groups in total. The lowest BCUT2D eigenvalue weighted by atomic mass is 9.75. The molecule has 6 heteroatoms. The maximum Gasteiger partial charge on any atom is 0.481 e. The van der Waals surface area contributed by atoms with E-state index in [-0.39, 0.29) is 5.69 Å². The van der Waals surface area contributed by atoms with E-state index in [2.05, 4.69) is 4.98 Å². The van der Waals surface area contributed by atoms with Gasteiger partial charge in [-0.05, 0) is 30.9 Å². The molecular formula is C16H21BN3O2+. The van der Waals surface area contributed by atoms with Crippen LogP contribution in [0.3, 0.4) is 0 Å². The van der Waals surface area contributed by atoms with E-state index < -0.39 is 0 Å². The summed E-state index contributed by atoms with van der Waals surface area (Å²) in [6, 6.07) is 5.74. The number of aromatic amines is 1. The molecule has 3 fully saturated rings. The molecule has 2 aromatic rings. The van der Waals surface area contributed by atoms with Gasteiger partial charge in [0.15, 0.2) is 0 Å². The third-order valence-corrected chi connectivity index (χ3v) is 5.55. The van der Waals surface area contributed by atoms with Crippen LogP contribution < -0.4 is 10.4 Å². The van der Waals surface area contributed by atoms with E-state index in [0.29, 0.717) is 16.2 Å². The fourth-order valence-corrected chi connectivity index (χ4v) is 4.26. The minimum absolute atomic E-state index is 0.0386. The van der Waals surface area contributed by atoms with Crippen molar-refractivity contribution in [2.45, 2.75) is 19.4 Å². The molecule has 3 aliphatic rings. The molecule has 5 nitrogen and oxygen atoms in total. The molecule has 0 spiro atoms. The fourth-order valence-electron chi connectivity index (χ4n) is 4.26. The number of nitrogens with zero attached hydrogens (tertiary/aromatic N) is 2. The summed E-state index contributed by atoms with van der Waals surface area (Å²) in [5, 5.41) is 0. The summed E-state index contributed by atoms with van der Waals surface area (Å²) in [5.41, 5.74) is 1.75. The van der Waals surface area contributed by atoms with E-state index in [1.54, 1.807) is 7.11 Å². The predicted octanol–water partition coefficient (Wildman–Crippen LogP) is 1.28. The summed E-state index contributed by atoms with van der Waals surface area (Å²) in [6.07, 6.45) is 2.37. The summed E-state index contributed by atoms with van der Waals surface area (Å²) in [7, 11) is 8.06. The van der Waals surface area contributed by atoms with Crippen molar-refractivity contribution in [3.63, 3.8) is 0 Å². The zero-order valence-electron chi connectivity index (χ0n) is 12.9. The van der Waals surface area contributed by atoms with Crippen LogP contribution in [-0.2, 0) is 6.54 Å². The number of aromatic nitrogens is 2. The highest BCUT2D eigenvalue weighted by Gasteiger charge is 2.43. The number of piperidine rings is 3. The van der Waals surface area contributed by atoms with Crippen LogP contribution in [0.4, 0.5) is 0 Å². The molecule has 3 saturated heterocycles. The van der Waals surface area contributed by atoms with Gasteiger partial charge in [0.05, 0.1) is 37.8 Å². The second-order valence-electron chi connectivity index (χ2n) is 6.87. The number of H-pyrrole nitrogens is 1. The molecule has 114 valence electrons. The highest BCUT2D eigenvalue weighted by Crippen LogP contribution is 2.37. The molecular weight excluding hydrogens is 277 g/mol. The minimum atomic E-state index is -0.0386. The summed E-state index contributed by atoms with van der Waals surface area (Å²) < 4.78 is 7.78. The first-order chi connectivity index (χ1) is 10.6. The number of imidazole rings is 1. The number of hydrogen-bond acceptors (Lipinski definition) is 2. The number of methoxy groups -OCH3 is 1. The highest BCUT2D eigenvalue weighted by molar-refractivity contribution is 5.97. The van der Waals surface area contributed by atoms with Gasteiger partial charge in [0.25, 0.3) is 0 Å². The standard InChI is InChI=1S/C16H21BN3O2/c1-22-13-2-3-15-14(8-13)18-16(21)19(15)9-12-10-20(17)6-4-11(12)5-7-20/h2-3,8,11-12H,4-7,9-10H2,1H3,(H,18,21)/q+1. The molecule has 3 aliphatic heterocycles. The van der Waals surface area contributed by atoms with Crippen molar-refractivity contribution in [3.05, 3.63) is 28.7 Å². The Morgan fingerprint density at radius 1 is 1.41 bits per heavy atom. The Balaban J connectivity index is 1.67. The Kier molecular flexibility index (Phi) is 3.11. The molecule has 1 unspecified atom stereocenters. The Bertz CT molecular complexity index is 758. The number of quaternary nitrogens is 1. The third-order valence-electron chi connectivity index (χ3n) is 5.55. The van der Waals surface area contributed by atoms with E-state index in [4.69, 9.17) is 12.7 Å². The summed E-state index contributed by atoms with van der Waals surface area (Å²) in [6.45, 7) is 3.91. The Hall–Kier alpha value is -1.69. The third kappa shape index (κ3) is 2.17. The maximum absolute atomic E-state index is 12.3. The summed E-state index contributed by atoms with van der Waals surface area (Å²) in [5.74, 6) is 1.96. The second kappa shape index (κ2) is 4.91. The van der Waals surface area contributed by atoms with Crippen molar-refractivity contribution in [1.29, 1.82) is 0 Å². The first-order valence-electron chi connectivity index (χ1n) is 7.99. The topological polar surface area (TPSA) is 47.0 Å². The quantitative estimate of drug-likeness (QED) is 0.868. The average molecular weight is 298 g/mol. The number of fused-ring (bicyclic) bond motifs is 4. The van der Waals surface area contributed by atoms with Gasteiger partial charge >= 0.3 is 13.7 Å². The van der Waals surface area contributed by atoms with E-state index in [0.717, 1.165) is 43.0 Å². The molecule has 0 saturated carbocycles. The van der Waals surface area contributed by atoms with E-state index in [9.17, 15) is 4.79 Å². The molecule has 0 aliphatic carbocycles. The van der Waals surface area contributed by atoms with Gasteiger partial charge in [-0.15, -0.1) is 0 Å². The number of ether oxygens (including phenoxy) is 1. The molecule has 4 heterocycles. The molecule has 1 atom stereocenters. The van der Waals surface area contributed by atoms with Crippen LogP contribution in [0.5, 0.6) is 5.75 Å². The Morgan fingerprint density at radius 3 is 2.86 bits per heavy atom. The number of benzene rings is 1. The normalized spacial score (nSPS) is 30.8. The summed E-state index contributed by atoms with van der Waals surface area (Å²) in [4.78, 5) is 15.3. The lowest BCUT2D eigenvalue weighted by molar-refractivity contribution is -0.841. The van der Waals surface area contributed by atoms with Gasteiger partial charge in [-0.3, -0.25) is 4.57 Å². The molecule has 22 heavy (non-hydrogen) atoms. The lowest BCUT2D eigenvalue weighted by Crippen LogP contribution is -2.61. The SMILES string of the molecule is [B][N+]12CCC(CC1)C(Cn1c(=O)[nH]c3cc(OC)ccc31)C2. The zero-order valence-corrected chi connectivity index (χ0v) is 12.9. The van der Waals surface area contributed by atoms with Crippen molar-refractivity contribution in [3.8, 4) is 5.75 Å². The number of nitrogens with one attached hydrogen (secondary N) is 1. The van der Waals surface area contributed by atoms with Gasteiger partial charge in [-0.25, -0.2) is 4.79 Å². The van der Waals surface area contributed by atoms with Gasteiger partial charge in [0, 0.05) is 18.5 Å². The van der Waals surface area contributed by atoms with E-state index in [1.165, 1.54) is 12.8 Å². The summed E-state index contributed by atoms with van der Waals surface area (Å²) >= 11 is 0. The molecule has 1 aromatic carbocycles. The van der Waals surface area contributed by atoms with Crippen LogP contribution in [-0.4, -0.2) is 48.7 Å². The van der Waals surface area contributed by atoms with Crippen molar-refractivity contribution in [2.75, 3.05) is 26.7 Å². The molecule has 2 bridgehead atoms. The Labute approximate surface area is 130 Å². The molecule has 0 amide bonds. The fraction of sp³-hybridized carbons (Fsp3) is 0.562.